The van der Waals surface area contributed by atoms with Gasteiger partial charge in [-0.15, -0.1) is 0 Å². The van der Waals surface area contributed by atoms with Gasteiger partial charge in [-0.2, -0.15) is 0 Å². The molecule has 7 heteroatoms. The van der Waals surface area contributed by atoms with Crippen LogP contribution in [0.1, 0.15) is 6.42 Å². The molecule has 6 nitrogen and oxygen atoms in total. The minimum absolute atomic E-state index is 0.106. The Bertz CT molecular complexity index is 585. The van der Waals surface area contributed by atoms with E-state index in [4.69, 9.17) is 0 Å². The predicted molar refractivity (Wildman–Crippen MR) is 67.5 cm³/mol. The number of aliphatic hydroxyl groups excluding tert-OH is 1. The van der Waals surface area contributed by atoms with Crippen LogP contribution in [0.25, 0.3) is 11.0 Å². The van der Waals surface area contributed by atoms with Crippen molar-refractivity contribution in [3.8, 4) is 0 Å². The van der Waals surface area contributed by atoms with E-state index < -0.39 is 6.10 Å². The zero-order chi connectivity index (χ0) is 12.5. The molecule has 3 N–H and O–H groups in total. The molecule has 1 aromatic carbocycles. The van der Waals surface area contributed by atoms with E-state index in [1.807, 2.05) is 18.2 Å². The van der Waals surface area contributed by atoms with Crippen molar-refractivity contribution in [2.75, 3.05) is 11.9 Å². The van der Waals surface area contributed by atoms with Gasteiger partial charge in [0.25, 0.3) is 0 Å². The fourth-order valence-corrected chi connectivity index (χ4v) is 3.20. The summed E-state index contributed by atoms with van der Waals surface area (Å²) >= 11 is -0.106. The quantitative estimate of drug-likeness (QED) is 0.642. The number of fused-ring (bicyclic) bond motifs is 1. The van der Waals surface area contributed by atoms with Crippen LogP contribution in [0.3, 0.4) is 0 Å². The average molecular weight is 311 g/mol. The molecule has 1 aromatic heterocycles. The molecule has 1 aliphatic rings. The molecule has 0 spiro atoms. The summed E-state index contributed by atoms with van der Waals surface area (Å²) in [5.74, 6) is -0.130. The second-order valence-electron chi connectivity index (χ2n) is 4.28. The predicted octanol–water partition coefficient (Wildman–Crippen LogP) is -0.652. The number of hydrogen-bond acceptors (Lipinski definition) is 5. The van der Waals surface area contributed by atoms with Crippen molar-refractivity contribution in [1.82, 2.24) is 13.3 Å². The fraction of sp³-hybridized carbons (Fsp3) is 0.364. The van der Waals surface area contributed by atoms with Crippen LogP contribution in [0.5, 0.6) is 0 Å². The van der Waals surface area contributed by atoms with E-state index in [9.17, 15) is 9.90 Å². The van der Waals surface area contributed by atoms with E-state index in [2.05, 4.69) is 18.6 Å². The number of nitrogens with one attached hydrogen (secondary N) is 2. The van der Waals surface area contributed by atoms with Gasteiger partial charge in [0, 0.05) is 0 Å². The molecule has 2 heterocycles. The molecule has 18 heavy (non-hydrogen) atoms. The molecule has 0 bridgehead atoms. The Hall–Kier alpha value is -1.27. The van der Waals surface area contributed by atoms with E-state index in [-0.39, 0.29) is 26.9 Å². The maximum atomic E-state index is 12.0. The number of carbonyl (C=O) groups is 1. The van der Waals surface area contributed by atoms with E-state index in [0.717, 1.165) is 11.0 Å². The molecular formula is C11H12N4O2Se. The number of hydrogen-bond donors (Lipinski definition) is 3. The van der Waals surface area contributed by atoms with Gasteiger partial charge in [-0.05, 0) is 0 Å². The number of β-amino-alcohol motifs (C(OH)–C–C–N with tert-alkyl or cyclic N) is 1. The fourth-order valence-electron chi connectivity index (χ4n) is 2.04. The van der Waals surface area contributed by atoms with Crippen LogP contribution in [0, 0.1) is 0 Å². The van der Waals surface area contributed by atoms with Gasteiger partial charge in [0.15, 0.2) is 0 Å². The molecule has 0 saturated carbocycles. The van der Waals surface area contributed by atoms with E-state index in [1.54, 1.807) is 0 Å². The Labute approximate surface area is 110 Å². The molecule has 0 aliphatic carbocycles. The SMILES string of the molecule is O=C(Nc1cccc2n[se]nc12)C1CC(O)CN1. The van der Waals surface area contributed by atoms with Gasteiger partial charge in [-0.1, -0.05) is 0 Å². The zero-order valence-electron chi connectivity index (χ0n) is 9.46. The summed E-state index contributed by atoms with van der Waals surface area (Å²) in [6.45, 7) is 0.466. The first-order valence-electron chi connectivity index (χ1n) is 5.67. The number of amides is 1. The number of aliphatic hydroxyl groups is 1. The number of carbonyl (C=O) groups excluding carboxylic acids is 1. The van der Waals surface area contributed by atoms with Crippen molar-refractivity contribution >= 4 is 37.6 Å². The summed E-state index contributed by atoms with van der Waals surface area (Å²) in [5, 5.41) is 15.2. The van der Waals surface area contributed by atoms with Crippen molar-refractivity contribution in [3.05, 3.63) is 18.2 Å². The summed E-state index contributed by atoms with van der Waals surface area (Å²) in [6, 6.07) is 5.23. The summed E-state index contributed by atoms with van der Waals surface area (Å²) in [4.78, 5) is 12.0. The molecule has 94 valence electrons. The van der Waals surface area contributed by atoms with Crippen LogP contribution in [-0.2, 0) is 4.79 Å². The standard InChI is InChI=1S/C11H12N4O2Se/c16-6-4-9(12-5-6)11(17)13-7-2-1-3-8-10(7)15-18-14-8/h1-3,6,9,12,16H,4-5H2,(H,13,17). The maximum absolute atomic E-state index is 12.0. The van der Waals surface area contributed by atoms with Gasteiger partial charge in [-0.25, -0.2) is 0 Å². The molecule has 1 fully saturated rings. The van der Waals surface area contributed by atoms with Gasteiger partial charge in [0.1, 0.15) is 0 Å². The number of aromatic nitrogens is 2. The topological polar surface area (TPSA) is 87.1 Å². The van der Waals surface area contributed by atoms with Crippen molar-refractivity contribution in [1.29, 1.82) is 0 Å². The first kappa shape index (κ1) is 11.8. The molecule has 0 radical (unpaired) electrons. The third kappa shape index (κ3) is 2.17. The second kappa shape index (κ2) is 4.78. The first-order chi connectivity index (χ1) is 8.74. The van der Waals surface area contributed by atoms with Gasteiger partial charge in [0.2, 0.25) is 0 Å². The number of nitrogens with zero attached hydrogens (tertiary/aromatic N) is 2. The number of anilines is 1. The molecule has 2 atom stereocenters. The molecule has 3 rings (SSSR count). The molecule has 2 aromatic rings. The average Bonchev–Trinajstić information content (AvgIpc) is 2.97. The third-order valence-electron chi connectivity index (χ3n) is 2.97. The van der Waals surface area contributed by atoms with Gasteiger partial charge in [-0.3, -0.25) is 0 Å². The number of rotatable bonds is 2. The van der Waals surface area contributed by atoms with Gasteiger partial charge >= 0.3 is 109 Å². The first-order valence-corrected chi connectivity index (χ1v) is 7.21. The summed E-state index contributed by atoms with van der Waals surface area (Å²) in [5.41, 5.74) is 2.31. The van der Waals surface area contributed by atoms with Crippen LogP contribution in [0.15, 0.2) is 18.2 Å². The number of benzene rings is 1. The van der Waals surface area contributed by atoms with E-state index in [0.29, 0.717) is 18.7 Å². The van der Waals surface area contributed by atoms with Crippen LogP contribution < -0.4 is 10.6 Å². The van der Waals surface area contributed by atoms with Crippen LogP contribution in [-0.4, -0.2) is 52.6 Å². The summed E-state index contributed by atoms with van der Waals surface area (Å²) in [7, 11) is 0. The van der Waals surface area contributed by atoms with E-state index >= 15 is 0 Å². The third-order valence-corrected chi connectivity index (χ3v) is 4.11. The Morgan fingerprint density at radius 1 is 1.50 bits per heavy atom. The van der Waals surface area contributed by atoms with E-state index in [1.165, 1.54) is 0 Å². The van der Waals surface area contributed by atoms with Crippen LogP contribution in [0.2, 0.25) is 0 Å². The Balaban J connectivity index is 1.80. The van der Waals surface area contributed by atoms with Crippen molar-refractivity contribution < 1.29 is 9.90 Å². The van der Waals surface area contributed by atoms with Crippen molar-refractivity contribution in [3.63, 3.8) is 0 Å². The molecular weight excluding hydrogens is 299 g/mol. The van der Waals surface area contributed by atoms with Crippen molar-refractivity contribution in [2.24, 2.45) is 0 Å². The Morgan fingerprint density at radius 2 is 2.39 bits per heavy atom. The Kier molecular flexibility index (Phi) is 3.13. The molecule has 1 aliphatic heterocycles. The summed E-state index contributed by atoms with van der Waals surface area (Å²) < 4.78 is 8.57. The second-order valence-corrected chi connectivity index (χ2v) is 5.39. The zero-order valence-corrected chi connectivity index (χ0v) is 11.2. The molecule has 2 unspecified atom stereocenters. The van der Waals surface area contributed by atoms with Crippen LogP contribution >= 0.6 is 0 Å². The van der Waals surface area contributed by atoms with Gasteiger partial charge < -0.3 is 0 Å². The molecule has 1 saturated heterocycles. The molecule has 1 amide bonds. The van der Waals surface area contributed by atoms with Crippen molar-refractivity contribution in [2.45, 2.75) is 18.6 Å². The van der Waals surface area contributed by atoms with Gasteiger partial charge in [0.05, 0.1) is 0 Å². The van der Waals surface area contributed by atoms with Crippen LogP contribution in [0.4, 0.5) is 5.69 Å². The monoisotopic (exact) mass is 312 g/mol. The normalized spacial score (nSPS) is 23.4. The Morgan fingerprint density at radius 3 is 3.17 bits per heavy atom. The summed E-state index contributed by atoms with van der Waals surface area (Å²) in [6.07, 6.45) is 0.0111. The minimum atomic E-state index is -0.440.